The van der Waals surface area contributed by atoms with Crippen LogP contribution in [0, 0.1) is 17.2 Å². The monoisotopic (exact) mass is 387 g/mol. The van der Waals surface area contributed by atoms with E-state index in [1.165, 1.54) is 49.7 Å². The smallest absolute Gasteiger partial charge is 0.343 e. The molecule has 0 bridgehead atoms. The summed E-state index contributed by atoms with van der Waals surface area (Å²) in [5.41, 5.74) is 3.77. The van der Waals surface area contributed by atoms with Gasteiger partial charge >= 0.3 is 5.97 Å². The largest absolute Gasteiger partial charge is 0.423 e. The van der Waals surface area contributed by atoms with E-state index in [1.807, 2.05) is 18.2 Å². The zero-order valence-electron chi connectivity index (χ0n) is 17.2. The second-order valence-corrected chi connectivity index (χ2v) is 8.01. The standard InChI is InChI=1S/C26H29NO2/c1-3-19(2)4-5-20-6-10-22(11-7-20)23-12-14-24(15-13-23)26(28)29-25-16-8-21(18-27)9-17-25/h8-9,12-17,20,22H,2-7,10-11H2,1H3. The van der Waals surface area contributed by atoms with E-state index in [1.54, 1.807) is 24.3 Å². The Labute approximate surface area is 174 Å². The van der Waals surface area contributed by atoms with Gasteiger partial charge in [0.15, 0.2) is 0 Å². The third-order valence-corrected chi connectivity index (χ3v) is 6.06. The maximum absolute atomic E-state index is 12.4. The van der Waals surface area contributed by atoms with Gasteiger partial charge in [0.1, 0.15) is 5.75 Å². The molecule has 150 valence electrons. The number of allylic oxidation sites excluding steroid dienone is 1. The van der Waals surface area contributed by atoms with E-state index in [2.05, 4.69) is 25.6 Å². The zero-order valence-corrected chi connectivity index (χ0v) is 17.2. The third-order valence-electron chi connectivity index (χ3n) is 6.06. The van der Waals surface area contributed by atoms with Crippen LogP contribution in [0.1, 0.15) is 79.3 Å². The van der Waals surface area contributed by atoms with Crippen LogP contribution in [0.5, 0.6) is 5.75 Å². The number of carbonyl (C=O) groups excluding carboxylic acids is 1. The second kappa shape index (κ2) is 10.1. The molecule has 2 aromatic rings. The van der Waals surface area contributed by atoms with Crippen molar-refractivity contribution in [2.75, 3.05) is 0 Å². The molecule has 0 heterocycles. The summed E-state index contributed by atoms with van der Waals surface area (Å²) in [7, 11) is 0. The van der Waals surface area contributed by atoms with Gasteiger partial charge in [-0.25, -0.2) is 4.79 Å². The van der Waals surface area contributed by atoms with Crippen molar-refractivity contribution in [2.24, 2.45) is 5.92 Å². The van der Waals surface area contributed by atoms with Gasteiger partial charge in [0.25, 0.3) is 0 Å². The predicted molar refractivity (Wildman–Crippen MR) is 116 cm³/mol. The van der Waals surface area contributed by atoms with Crippen LogP contribution < -0.4 is 4.74 Å². The van der Waals surface area contributed by atoms with Gasteiger partial charge in [-0.05, 0) is 98.7 Å². The topological polar surface area (TPSA) is 50.1 Å². The SMILES string of the molecule is C=C(CC)CCC1CCC(c2ccc(C(=O)Oc3ccc(C#N)cc3)cc2)CC1. The van der Waals surface area contributed by atoms with Gasteiger partial charge in [-0.1, -0.05) is 31.2 Å². The van der Waals surface area contributed by atoms with Crippen molar-refractivity contribution in [2.45, 2.75) is 57.8 Å². The van der Waals surface area contributed by atoms with Gasteiger partial charge in [0.05, 0.1) is 17.2 Å². The molecule has 3 heteroatoms. The minimum atomic E-state index is -0.374. The molecule has 1 aliphatic rings. The lowest BCUT2D eigenvalue weighted by Crippen LogP contribution is -2.14. The zero-order chi connectivity index (χ0) is 20.6. The van der Waals surface area contributed by atoms with Crippen molar-refractivity contribution >= 4 is 5.97 Å². The predicted octanol–water partition coefficient (Wildman–Crippen LogP) is 6.80. The van der Waals surface area contributed by atoms with Crippen LogP contribution in [0.15, 0.2) is 60.7 Å². The number of nitriles is 1. The third kappa shape index (κ3) is 5.81. The summed E-state index contributed by atoms with van der Waals surface area (Å²) in [6.45, 7) is 6.31. The van der Waals surface area contributed by atoms with Gasteiger partial charge in [-0.2, -0.15) is 5.26 Å². The van der Waals surface area contributed by atoms with Crippen LogP contribution in [0.2, 0.25) is 0 Å². The second-order valence-electron chi connectivity index (χ2n) is 8.01. The first-order valence-corrected chi connectivity index (χ1v) is 10.6. The molecule has 3 nitrogen and oxygen atoms in total. The summed E-state index contributed by atoms with van der Waals surface area (Å²) in [5.74, 6) is 1.49. The van der Waals surface area contributed by atoms with Gasteiger partial charge in [-0.3, -0.25) is 0 Å². The molecule has 0 atom stereocenters. The first kappa shape index (κ1) is 20.9. The Balaban J connectivity index is 1.51. The lowest BCUT2D eigenvalue weighted by atomic mass is 9.77. The highest BCUT2D eigenvalue weighted by atomic mass is 16.5. The van der Waals surface area contributed by atoms with Crippen LogP contribution in [0.4, 0.5) is 0 Å². The average Bonchev–Trinajstić information content (AvgIpc) is 2.78. The maximum Gasteiger partial charge on any atom is 0.343 e. The van der Waals surface area contributed by atoms with E-state index >= 15 is 0 Å². The number of hydrogen-bond donors (Lipinski definition) is 0. The fraction of sp³-hybridized carbons (Fsp3) is 0.385. The number of nitrogens with zero attached hydrogens (tertiary/aromatic N) is 1. The minimum Gasteiger partial charge on any atom is -0.423 e. The van der Waals surface area contributed by atoms with Gasteiger partial charge in [-0.15, -0.1) is 0 Å². The minimum absolute atomic E-state index is 0.374. The van der Waals surface area contributed by atoms with Crippen molar-refractivity contribution < 1.29 is 9.53 Å². The Hall–Kier alpha value is -2.86. The molecule has 0 aliphatic heterocycles. The molecule has 0 amide bonds. The van der Waals surface area contributed by atoms with Crippen molar-refractivity contribution in [3.8, 4) is 11.8 Å². The highest BCUT2D eigenvalue weighted by Gasteiger charge is 2.22. The first-order valence-electron chi connectivity index (χ1n) is 10.6. The Morgan fingerprint density at radius 2 is 1.72 bits per heavy atom. The molecule has 0 spiro atoms. The molecule has 1 aliphatic carbocycles. The van der Waals surface area contributed by atoms with Gasteiger partial charge in [0.2, 0.25) is 0 Å². The fourth-order valence-electron chi connectivity index (χ4n) is 4.02. The summed E-state index contributed by atoms with van der Waals surface area (Å²) in [4.78, 5) is 12.4. The number of esters is 1. The molecule has 0 radical (unpaired) electrons. The average molecular weight is 388 g/mol. The number of carbonyl (C=O) groups is 1. The number of benzene rings is 2. The molecular weight excluding hydrogens is 358 g/mol. The van der Waals surface area contributed by atoms with Crippen LogP contribution in [0.25, 0.3) is 0 Å². The van der Waals surface area contributed by atoms with Crippen LogP contribution >= 0.6 is 0 Å². The maximum atomic E-state index is 12.4. The van der Waals surface area contributed by atoms with Crippen molar-refractivity contribution in [1.82, 2.24) is 0 Å². The van der Waals surface area contributed by atoms with Crippen LogP contribution in [-0.2, 0) is 0 Å². The van der Waals surface area contributed by atoms with Crippen LogP contribution in [-0.4, -0.2) is 5.97 Å². The Morgan fingerprint density at radius 1 is 1.07 bits per heavy atom. The lowest BCUT2D eigenvalue weighted by Gasteiger charge is -2.29. The normalized spacial score (nSPS) is 18.6. The highest BCUT2D eigenvalue weighted by molar-refractivity contribution is 5.91. The summed E-state index contributed by atoms with van der Waals surface area (Å²) < 4.78 is 5.40. The summed E-state index contributed by atoms with van der Waals surface area (Å²) in [6.07, 6.45) is 8.54. The van der Waals surface area contributed by atoms with E-state index in [-0.39, 0.29) is 5.97 Å². The first-order chi connectivity index (χ1) is 14.1. The van der Waals surface area contributed by atoms with E-state index < -0.39 is 0 Å². The van der Waals surface area contributed by atoms with Crippen molar-refractivity contribution in [1.29, 1.82) is 5.26 Å². The quantitative estimate of drug-likeness (QED) is 0.298. The van der Waals surface area contributed by atoms with E-state index in [4.69, 9.17) is 10.00 Å². The molecule has 1 fully saturated rings. The summed E-state index contributed by atoms with van der Waals surface area (Å²) >= 11 is 0. The Kier molecular flexibility index (Phi) is 7.25. The molecule has 0 N–H and O–H groups in total. The molecule has 0 unspecified atom stereocenters. The Morgan fingerprint density at radius 3 is 2.31 bits per heavy atom. The van der Waals surface area contributed by atoms with Crippen molar-refractivity contribution in [3.63, 3.8) is 0 Å². The van der Waals surface area contributed by atoms with E-state index in [9.17, 15) is 4.79 Å². The lowest BCUT2D eigenvalue weighted by molar-refractivity contribution is 0.0734. The number of ether oxygens (including phenoxy) is 1. The molecule has 0 aromatic heterocycles. The summed E-state index contributed by atoms with van der Waals surface area (Å²) in [6, 6.07) is 16.5. The van der Waals surface area contributed by atoms with E-state index in [0.717, 1.165) is 12.3 Å². The molecule has 29 heavy (non-hydrogen) atoms. The molecule has 2 aromatic carbocycles. The van der Waals surface area contributed by atoms with Crippen LogP contribution in [0.3, 0.4) is 0 Å². The van der Waals surface area contributed by atoms with Gasteiger partial charge in [0, 0.05) is 0 Å². The molecular formula is C26H29NO2. The molecule has 0 saturated heterocycles. The highest BCUT2D eigenvalue weighted by Crippen LogP contribution is 2.38. The molecule has 3 rings (SSSR count). The fourth-order valence-corrected chi connectivity index (χ4v) is 4.02. The van der Waals surface area contributed by atoms with Crippen molar-refractivity contribution in [3.05, 3.63) is 77.4 Å². The molecule has 1 saturated carbocycles. The number of rotatable bonds is 7. The Bertz CT molecular complexity index is 866. The summed E-state index contributed by atoms with van der Waals surface area (Å²) in [5, 5.41) is 8.83. The van der Waals surface area contributed by atoms with E-state index in [0.29, 0.717) is 22.8 Å². The number of hydrogen-bond acceptors (Lipinski definition) is 3. The van der Waals surface area contributed by atoms with Gasteiger partial charge < -0.3 is 4.74 Å².